The van der Waals surface area contributed by atoms with Crippen molar-refractivity contribution < 1.29 is 9.59 Å². The molecule has 1 N–H and O–H groups in total. The summed E-state index contributed by atoms with van der Waals surface area (Å²) < 4.78 is 0. The lowest BCUT2D eigenvalue weighted by atomic mass is 9.85. The molecular weight excluding hydrogens is 338 g/mol. The molecule has 0 aliphatic heterocycles. The Bertz CT molecular complexity index is 666. The maximum Gasteiger partial charge on any atom is 0.227 e. The van der Waals surface area contributed by atoms with Crippen molar-refractivity contribution >= 4 is 23.2 Å². The average Bonchev–Trinajstić information content (AvgIpc) is 2.56. The van der Waals surface area contributed by atoms with E-state index in [9.17, 15) is 9.59 Å². The standard InChI is InChI=1S/C22H35N3O2/c1-7-16(4)25(22(27)15(2)3)14-18-13-19(11-12-20(18)24(5)6)23-21(26)17-9-8-10-17/h11-13,15-17H,7-10,14H2,1-6H3,(H,23,26)/t16-/m0/s1. The third kappa shape index (κ3) is 5.24. The monoisotopic (exact) mass is 373 g/mol. The Morgan fingerprint density at radius 1 is 1.19 bits per heavy atom. The van der Waals surface area contributed by atoms with Gasteiger partial charge in [-0.05, 0) is 49.9 Å². The predicted molar refractivity (Wildman–Crippen MR) is 112 cm³/mol. The number of hydrogen-bond donors (Lipinski definition) is 1. The van der Waals surface area contributed by atoms with Crippen LogP contribution in [0.4, 0.5) is 11.4 Å². The van der Waals surface area contributed by atoms with E-state index in [4.69, 9.17) is 0 Å². The molecule has 0 radical (unpaired) electrons. The zero-order valence-electron chi connectivity index (χ0n) is 17.7. The molecule has 150 valence electrons. The molecule has 1 aliphatic rings. The van der Waals surface area contributed by atoms with Gasteiger partial charge in [0.2, 0.25) is 11.8 Å². The van der Waals surface area contributed by atoms with Crippen molar-refractivity contribution in [3.63, 3.8) is 0 Å². The van der Waals surface area contributed by atoms with Gasteiger partial charge in [-0.15, -0.1) is 0 Å². The van der Waals surface area contributed by atoms with Gasteiger partial charge in [0.05, 0.1) is 0 Å². The third-order valence-electron chi connectivity index (χ3n) is 5.55. The quantitative estimate of drug-likeness (QED) is 0.740. The first-order chi connectivity index (χ1) is 12.7. The van der Waals surface area contributed by atoms with Crippen LogP contribution in [0.15, 0.2) is 18.2 Å². The fraction of sp³-hybridized carbons (Fsp3) is 0.636. The molecule has 1 aromatic carbocycles. The normalized spacial score (nSPS) is 15.2. The van der Waals surface area contributed by atoms with Crippen molar-refractivity contribution in [1.82, 2.24) is 4.90 Å². The fourth-order valence-electron chi connectivity index (χ4n) is 3.33. The van der Waals surface area contributed by atoms with Gasteiger partial charge in [-0.2, -0.15) is 0 Å². The van der Waals surface area contributed by atoms with E-state index in [1.807, 2.05) is 51.0 Å². The van der Waals surface area contributed by atoms with Gasteiger partial charge in [-0.25, -0.2) is 0 Å². The van der Waals surface area contributed by atoms with Crippen LogP contribution in [0.1, 0.15) is 58.9 Å². The Balaban J connectivity index is 2.28. The van der Waals surface area contributed by atoms with Crippen LogP contribution in [0.3, 0.4) is 0 Å². The summed E-state index contributed by atoms with van der Waals surface area (Å²) in [6, 6.07) is 6.17. The summed E-state index contributed by atoms with van der Waals surface area (Å²) >= 11 is 0. The Kier molecular flexibility index (Phi) is 7.28. The summed E-state index contributed by atoms with van der Waals surface area (Å²) in [6.07, 6.45) is 4.02. The molecule has 1 aliphatic carbocycles. The van der Waals surface area contributed by atoms with Crippen molar-refractivity contribution in [2.45, 2.75) is 66.0 Å². The fourth-order valence-corrected chi connectivity index (χ4v) is 3.33. The molecule has 0 aromatic heterocycles. The second kappa shape index (κ2) is 9.25. The molecule has 1 fully saturated rings. The van der Waals surface area contributed by atoms with Crippen molar-refractivity contribution in [1.29, 1.82) is 0 Å². The molecule has 1 atom stereocenters. The van der Waals surface area contributed by atoms with Crippen molar-refractivity contribution in [2.24, 2.45) is 11.8 Å². The Hall–Kier alpha value is -2.04. The van der Waals surface area contributed by atoms with Crippen LogP contribution >= 0.6 is 0 Å². The zero-order chi connectivity index (χ0) is 20.1. The van der Waals surface area contributed by atoms with Gasteiger partial charge in [0, 0.05) is 49.9 Å². The number of rotatable bonds is 8. The topological polar surface area (TPSA) is 52.7 Å². The lowest BCUT2D eigenvalue weighted by Crippen LogP contribution is -2.40. The van der Waals surface area contributed by atoms with Crippen LogP contribution in [-0.2, 0) is 16.1 Å². The Labute approximate surface area is 164 Å². The van der Waals surface area contributed by atoms with E-state index in [1.165, 1.54) is 0 Å². The van der Waals surface area contributed by atoms with Crippen LogP contribution in [0.5, 0.6) is 0 Å². The molecule has 0 bridgehead atoms. The third-order valence-corrected chi connectivity index (χ3v) is 5.55. The summed E-state index contributed by atoms with van der Waals surface area (Å²) in [6.45, 7) is 8.64. The van der Waals surface area contributed by atoms with E-state index in [-0.39, 0.29) is 29.7 Å². The number of carbonyl (C=O) groups excluding carboxylic acids is 2. The largest absolute Gasteiger partial charge is 0.377 e. The van der Waals surface area contributed by atoms with Crippen LogP contribution in [-0.4, -0.2) is 36.9 Å². The number of anilines is 2. The van der Waals surface area contributed by atoms with Gasteiger partial charge in [0.25, 0.3) is 0 Å². The second-order valence-electron chi connectivity index (χ2n) is 8.23. The molecular formula is C22H35N3O2. The number of nitrogens with one attached hydrogen (secondary N) is 1. The van der Waals surface area contributed by atoms with Gasteiger partial charge in [0.1, 0.15) is 0 Å². The first-order valence-corrected chi connectivity index (χ1v) is 10.2. The summed E-state index contributed by atoms with van der Waals surface area (Å²) in [5, 5.41) is 3.06. The van der Waals surface area contributed by atoms with Crippen molar-refractivity contribution in [3.05, 3.63) is 23.8 Å². The number of amides is 2. The van der Waals surface area contributed by atoms with Gasteiger partial charge < -0.3 is 15.1 Å². The van der Waals surface area contributed by atoms with Gasteiger partial charge >= 0.3 is 0 Å². The number of carbonyl (C=O) groups is 2. The molecule has 1 saturated carbocycles. The van der Waals surface area contributed by atoms with E-state index >= 15 is 0 Å². The molecule has 0 unspecified atom stereocenters. The minimum atomic E-state index is -0.0386. The molecule has 1 aromatic rings. The Morgan fingerprint density at radius 2 is 1.85 bits per heavy atom. The molecule has 5 heteroatoms. The van der Waals surface area contributed by atoms with Crippen LogP contribution in [0, 0.1) is 11.8 Å². The molecule has 0 heterocycles. The average molecular weight is 374 g/mol. The highest BCUT2D eigenvalue weighted by molar-refractivity contribution is 5.93. The van der Waals surface area contributed by atoms with E-state index in [0.29, 0.717) is 6.54 Å². The highest BCUT2D eigenvalue weighted by Gasteiger charge is 2.26. The predicted octanol–water partition coefficient (Wildman–Crippen LogP) is 4.27. The maximum atomic E-state index is 12.8. The minimum absolute atomic E-state index is 0.0386. The minimum Gasteiger partial charge on any atom is -0.377 e. The second-order valence-corrected chi connectivity index (χ2v) is 8.23. The van der Waals surface area contributed by atoms with E-state index in [1.54, 1.807) is 0 Å². The maximum absolute atomic E-state index is 12.8. The molecule has 27 heavy (non-hydrogen) atoms. The summed E-state index contributed by atoms with van der Waals surface area (Å²) in [5.41, 5.74) is 2.94. The first-order valence-electron chi connectivity index (χ1n) is 10.2. The van der Waals surface area contributed by atoms with E-state index in [0.717, 1.165) is 42.6 Å². The molecule has 0 spiro atoms. The summed E-state index contributed by atoms with van der Waals surface area (Å²) in [5.74, 6) is 0.393. The van der Waals surface area contributed by atoms with Gasteiger partial charge in [0.15, 0.2) is 0 Å². The first kappa shape index (κ1) is 21.3. The molecule has 5 nitrogen and oxygen atoms in total. The lowest BCUT2D eigenvalue weighted by molar-refractivity contribution is -0.137. The highest BCUT2D eigenvalue weighted by Crippen LogP contribution is 2.30. The van der Waals surface area contributed by atoms with Crippen LogP contribution in [0.2, 0.25) is 0 Å². The number of nitrogens with zero attached hydrogens (tertiary/aromatic N) is 2. The Morgan fingerprint density at radius 3 is 2.33 bits per heavy atom. The van der Waals surface area contributed by atoms with Crippen LogP contribution < -0.4 is 10.2 Å². The highest BCUT2D eigenvalue weighted by atomic mass is 16.2. The van der Waals surface area contributed by atoms with E-state index < -0.39 is 0 Å². The van der Waals surface area contributed by atoms with E-state index in [2.05, 4.69) is 24.1 Å². The van der Waals surface area contributed by atoms with Gasteiger partial charge in [-0.3, -0.25) is 9.59 Å². The molecule has 2 amide bonds. The van der Waals surface area contributed by atoms with Crippen LogP contribution in [0.25, 0.3) is 0 Å². The van der Waals surface area contributed by atoms with Crippen molar-refractivity contribution in [3.8, 4) is 0 Å². The lowest BCUT2D eigenvalue weighted by Gasteiger charge is -2.32. The molecule has 0 saturated heterocycles. The summed E-state index contributed by atoms with van der Waals surface area (Å²) in [7, 11) is 4.01. The molecule has 2 rings (SSSR count). The number of hydrogen-bond acceptors (Lipinski definition) is 3. The van der Waals surface area contributed by atoms with Gasteiger partial charge in [-0.1, -0.05) is 27.2 Å². The number of benzene rings is 1. The smallest absolute Gasteiger partial charge is 0.227 e. The summed E-state index contributed by atoms with van der Waals surface area (Å²) in [4.78, 5) is 29.1. The van der Waals surface area contributed by atoms with Crippen molar-refractivity contribution in [2.75, 3.05) is 24.3 Å². The SMILES string of the molecule is CC[C@H](C)N(Cc1cc(NC(=O)C2CCC2)ccc1N(C)C)C(=O)C(C)C. The zero-order valence-corrected chi connectivity index (χ0v) is 17.7.